The van der Waals surface area contributed by atoms with Gasteiger partial charge in [-0.05, 0) is 12.1 Å². The standard InChI is InChI=1S/C13H15N7O3.Na/c14-11(21)10-8(15-13(22)12-16-18-19-17-12)2-1-3-9(10)20-4-6-23-7-5-20;/h1-3H,4-7H2,(H4,14,15,16,17,18,19,21,22);/q;+1/p-1. The van der Waals surface area contributed by atoms with Crippen LogP contribution in [-0.4, -0.2) is 53.6 Å². The van der Waals surface area contributed by atoms with Crippen LogP contribution in [0.15, 0.2) is 18.2 Å². The van der Waals surface area contributed by atoms with Crippen LogP contribution >= 0.6 is 0 Å². The molecule has 0 saturated carbocycles. The molecular formula is C13H14N7NaO3. The number of nitrogens with one attached hydrogen (secondary N) is 1. The molecule has 1 aliphatic rings. The minimum Gasteiger partial charge on any atom is -0.378 e. The third-order valence-corrected chi connectivity index (χ3v) is 3.41. The van der Waals surface area contributed by atoms with Gasteiger partial charge in [-0.25, -0.2) is 0 Å². The average Bonchev–Trinajstić information content (AvgIpc) is 3.10. The van der Waals surface area contributed by atoms with Crippen LogP contribution in [0.1, 0.15) is 21.0 Å². The van der Waals surface area contributed by atoms with E-state index < -0.39 is 11.8 Å². The molecule has 1 aromatic heterocycles. The van der Waals surface area contributed by atoms with Crippen LogP contribution in [0.5, 0.6) is 0 Å². The molecule has 3 rings (SSSR count). The molecule has 0 aliphatic carbocycles. The summed E-state index contributed by atoms with van der Waals surface area (Å²) in [5, 5.41) is 16.0. The molecule has 0 bridgehead atoms. The van der Waals surface area contributed by atoms with Gasteiger partial charge in [0, 0.05) is 13.1 Å². The molecule has 0 spiro atoms. The van der Waals surface area contributed by atoms with Gasteiger partial charge in [0.15, 0.2) is 0 Å². The minimum atomic E-state index is -0.637. The number of nitrogens with two attached hydrogens (primary N) is 1. The second-order valence-electron chi connectivity index (χ2n) is 4.82. The molecule has 0 unspecified atom stereocenters. The van der Waals surface area contributed by atoms with Crippen molar-refractivity contribution in [3.63, 3.8) is 0 Å². The summed E-state index contributed by atoms with van der Waals surface area (Å²) < 4.78 is 5.31. The van der Waals surface area contributed by atoms with Gasteiger partial charge in [0.25, 0.3) is 11.8 Å². The first-order valence-electron chi connectivity index (χ1n) is 6.92. The fourth-order valence-corrected chi connectivity index (χ4v) is 2.38. The second kappa shape index (κ2) is 8.20. The Hall–Kier alpha value is -2.01. The number of benzene rings is 1. The number of amides is 2. The zero-order chi connectivity index (χ0) is 16.2. The Morgan fingerprint density at radius 3 is 2.67 bits per heavy atom. The number of morpholine rings is 1. The fourth-order valence-electron chi connectivity index (χ4n) is 2.38. The maximum Gasteiger partial charge on any atom is 1.00 e. The van der Waals surface area contributed by atoms with Crippen LogP contribution in [-0.2, 0) is 4.74 Å². The molecule has 2 amide bonds. The summed E-state index contributed by atoms with van der Waals surface area (Å²) in [6.45, 7) is 2.40. The molecule has 1 saturated heterocycles. The molecular weight excluding hydrogens is 325 g/mol. The monoisotopic (exact) mass is 339 g/mol. The van der Waals surface area contributed by atoms with Crippen LogP contribution in [0.25, 0.3) is 0 Å². The summed E-state index contributed by atoms with van der Waals surface area (Å²) in [7, 11) is 0. The van der Waals surface area contributed by atoms with Gasteiger partial charge in [-0.15, -0.1) is 0 Å². The zero-order valence-corrected chi connectivity index (χ0v) is 15.1. The van der Waals surface area contributed by atoms with Gasteiger partial charge in [-0.2, -0.15) is 5.21 Å². The zero-order valence-electron chi connectivity index (χ0n) is 13.1. The van der Waals surface area contributed by atoms with Crippen molar-refractivity contribution < 1.29 is 43.9 Å². The normalized spacial score (nSPS) is 13.9. The van der Waals surface area contributed by atoms with Crippen molar-refractivity contribution in [2.45, 2.75) is 0 Å². The van der Waals surface area contributed by atoms with Crippen molar-refractivity contribution in [3.05, 3.63) is 29.6 Å². The van der Waals surface area contributed by atoms with Gasteiger partial charge in [-0.1, -0.05) is 6.07 Å². The Balaban J connectivity index is 0.00000208. The third kappa shape index (κ3) is 3.90. The van der Waals surface area contributed by atoms with E-state index in [2.05, 4.69) is 25.9 Å². The number of tetrazole rings is 1. The minimum absolute atomic E-state index is 0. The first-order valence-corrected chi connectivity index (χ1v) is 6.92. The molecule has 10 nitrogen and oxygen atoms in total. The van der Waals surface area contributed by atoms with E-state index in [-0.39, 0.29) is 46.6 Å². The number of hydrogen-bond donors (Lipinski definition) is 2. The van der Waals surface area contributed by atoms with Crippen molar-refractivity contribution in [2.24, 2.45) is 5.73 Å². The molecule has 1 aliphatic heterocycles. The summed E-state index contributed by atoms with van der Waals surface area (Å²) in [5.41, 5.74) is 6.68. The number of ether oxygens (including phenoxy) is 1. The smallest absolute Gasteiger partial charge is 0.378 e. The number of rotatable bonds is 4. The first-order chi connectivity index (χ1) is 11.2. The van der Waals surface area contributed by atoms with E-state index in [0.29, 0.717) is 32.0 Å². The van der Waals surface area contributed by atoms with Crippen molar-refractivity contribution in [3.8, 4) is 0 Å². The van der Waals surface area contributed by atoms with Gasteiger partial charge in [0.05, 0.1) is 36.0 Å². The average molecular weight is 339 g/mol. The predicted octanol–water partition coefficient (Wildman–Crippen LogP) is -3.98. The van der Waals surface area contributed by atoms with Crippen LogP contribution in [0.3, 0.4) is 0 Å². The number of nitrogens with zero attached hydrogens (tertiary/aromatic N) is 5. The van der Waals surface area contributed by atoms with E-state index >= 15 is 0 Å². The fraction of sp³-hybridized carbons (Fsp3) is 0.308. The molecule has 2 aromatic rings. The maximum atomic E-state index is 12.0. The summed E-state index contributed by atoms with van der Waals surface area (Å²) >= 11 is 0. The first kappa shape index (κ1) is 18.3. The van der Waals surface area contributed by atoms with Crippen molar-refractivity contribution in [1.29, 1.82) is 0 Å². The molecule has 24 heavy (non-hydrogen) atoms. The molecule has 1 aromatic carbocycles. The van der Waals surface area contributed by atoms with Crippen LogP contribution in [0, 0.1) is 0 Å². The number of hydrogen-bond acceptors (Lipinski definition) is 7. The van der Waals surface area contributed by atoms with E-state index in [1.807, 2.05) is 4.90 Å². The van der Waals surface area contributed by atoms with Gasteiger partial charge in [0.1, 0.15) is 0 Å². The predicted molar refractivity (Wildman–Crippen MR) is 79.1 cm³/mol. The van der Waals surface area contributed by atoms with Crippen molar-refractivity contribution >= 4 is 23.2 Å². The Morgan fingerprint density at radius 2 is 2.04 bits per heavy atom. The quantitative estimate of drug-likeness (QED) is 0.538. The molecule has 1 fully saturated rings. The molecule has 11 heteroatoms. The van der Waals surface area contributed by atoms with Crippen molar-refractivity contribution in [1.82, 2.24) is 20.6 Å². The van der Waals surface area contributed by atoms with Gasteiger partial charge >= 0.3 is 29.6 Å². The van der Waals surface area contributed by atoms with Crippen LogP contribution in [0.4, 0.5) is 11.4 Å². The van der Waals surface area contributed by atoms with E-state index in [1.54, 1.807) is 18.2 Å². The number of anilines is 2. The Bertz CT molecular complexity index is 716. The SMILES string of the molecule is NC(=O)c1c(NC(=O)c2nnn[n-]2)cccc1N1CCOCC1.[Na+]. The number of primary amides is 1. The summed E-state index contributed by atoms with van der Waals surface area (Å²) in [4.78, 5) is 25.9. The van der Waals surface area contributed by atoms with Crippen molar-refractivity contribution in [2.75, 3.05) is 36.5 Å². The molecule has 120 valence electrons. The Kier molecular flexibility index (Phi) is 6.26. The van der Waals surface area contributed by atoms with E-state index in [9.17, 15) is 9.59 Å². The number of aromatic nitrogens is 4. The van der Waals surface area contributed by atoms with E-state index in [0.717, 1.165) is 0 Å². The summed E-state index contributed by atoms with van der Waals surface area (Å²) in [6, 6.07) is 5.10. The maximum absolute atomic E-state index is 12.0. The molecule has 2 heterocycles. The molecule has 0 atom stereocenters. The van der Waals surface area contributed by atoms with Gasteiger partial charge < -0.3 is 25.8 Å². The topological polar surface area (TPSA) is 137 Å². The number of carbonyl (C=O) groups excluding carboxylic acids is 2. The summed E-state index contributed by atoms with van der Waals surface area (Å²) in [5.74, 6) is -1.43. The van der Waals surface area contributed by atoms with E-state index in [4.69, 9.17) is 10.5 Å². The molecule has 3 N–H and O–H groups in total. The van der Waals surface area contributed by atoms with E-state index in [1.165, 1.54) is 0 Å². The Morgan fingerprint density at radius 1 is 1.29 bits per heavy atom. The van der Waals surface area contributed by atoms with Gasteiger partial charge in [0.2, 0.25) is 0 Å². The van der Waals surface area contributed by atoms with Crippen LogP contribution < -0.4 is 50.6 Å². The second-order valence-corrected chi connectivity index (χ2v) is 4.82. The number of carbonyl (C=O) groups is 2. The largest absolute Gasteiger partial charge is 1.00 e. The third-order valence-electron chi connectivity index (χ3n) is 3.41. The van der Waals surface area contributed by atoms with Crippen LogP contribution in [0.2, 0.25) is 0 Å². The summed E-state index contributed by atoms with van der Waals surface area (Å²) in [6.07, 6.45) is 0. The Labute approximate surface area is 159 Å². The molecule has 0 radical (unpaired) electrons. The van der Waals surface area contributed by atoms with Gasteiger partial charge in [-0.3, -0.25) is 19.9 Å².